The van der Waals surface area contributed by atoms with E-state index in [9.17, 15) is 18.0 Å². The number of carbonyl (C=O) groups excluding carboxylic acids is 2. The van der Waals surface area contributed by atoms with E-state index in [2.05, 4.69) is 5.32 Å². The van der Waals surface area contributed by atoms with Gasteiger partial charge in [0.1, 0.15) is 12.6 Å². The zero-order chi connectivity index (χ0) is 28.0. The molecule has 0 heterocycles. The molecule has 0 unspecified atom stereocenters. The number of benzene rings is 3. The predicted octanol–water partition coefficient (Wildman–Crippen LogP) is 4.97. The van der Waals surface area contributed by atoms with Crippen molar-refractivity contribution in [1.82, 2.24) is 10.2 Å². The second-order valence-corrected chi connectivity index (χ2v) is 12.2. The molecule has 39 heavy (non-hydrogen) atoms. The molecule has 1 fully saturated rings. The number of rotatable bonds is 10. The number of anilines is 1. The van der Waals surface area contributed by atoms with Crippen LogP contribution in [0.5, 0.6) is 0 Å². The molecule has 0 aliphatic heterocycles. The molecule has 8 heteroatoms. The third-order valence-corrected chi connectivity index (χ3v) is 9.03. The van der Waals surface area contributed by atoms with Crippen LogP contribution >= 0.6 is 0 Å². The third kappa shape index (κ3) is 7.06. The van der Waals surface area contributed by atoms with Crippen LogP contribution in [0.25, 0.3) is 0 Å². The van der Waals surface area contributed by atoms with Crippen molar-refractivity contribution in [2.45, 2.75) is 70.0 Å². The first kappa shape index (κ1) is 28.4. The van der Waals surface area contributed by atoms with Gasteiger partial charge in [0.25, 0.3) is 10.0 Å². The highest BCUT2D eigenvalue weighted by molar-refractivity contribution is 7.92. The highest BCUT2D eigenvalue weighted by Crippen LogP contribution is 2.25. The Labute approximate surface area is 231 Å². The van der Waals surface area contributed by atoms with Gasteiger partial charge in [-0.2, -0.15) is 0 Å². The van der Waals surface area contributed by atoms with E-state index in [0.29, 0.717) is 5.69 Å². The average Bonchev–Trinajstić information content (AvgIpc) is 3.44. The Balaban J connectivity index is 1.67. The van der Waals surface area contributed by atoms with Crippen LogP contribution in [-0.4, -0.2) is 43.8 Å². The first-order chi connectivity index (χ1) is 18.6. The number of amides is 2. The van der Waals surface area contributed by atoms with Gasteiger partial charge in [0.05, 0.1) is 10.6 Å². The molecule has 0 aromatic heterocycles. The average molecular weight is 548 g/mol. The van der Waals surface area contributed by atoms with Crippen LogP contribution in [0.2, 0.25) is 0 Å². The van der Waals surface area contributed by atoms with Gasteiger partial charge in [-0.05, 0) is 69.0 Å². The first-order valence-corrected chi connectivity index (χ1v) is 14.9. The topological polar surface area (TPSA) is 86.8 Å². The van der Waals surface area contributed by atoms with Crippen molar-refractivity contribution < 1.29 is 18.0 Å². The molecule has 4 rings (SSSR count). The minimum absolute atomic E-state index is 0.0939. The van der Waals surface area contributed by atoms with E-state index in [1.165, 1.54) is 17.0 Å². The van der Waals surface area contributed by atoms with E-state index in [1.807, 2.05) is 44.2 Å². The standard InChI is InChI=1S/C31H37N3O4S/c1-23-16-18-26(19-17-23)21-33(25(3)31(36)32-27-11-7-8-12-27)30(35)22-34(28-13-9-10-24(2)20-28)39(37,38)29-14-5-4-6-15-29/h4-6,9-10,13-20,25,27H,7-8,11-12,21-22H2,1-3H3,(H,32,36)/t25-/m1/s1. The number of hydrogen-bond donors (Lipinski definition) is 1. The number of nitrogens with one attached hydrogen (secondary N) is 1. The largest absolute Gasteiger partial charge is 0.352 e. The third-order valence-electron chi connectivity index (χ3n) is 7.24. The molecule has 0 saturated heterocycles. The molecule has 206 valence electrons. The Bertz CT molecular complexity index is 1380. The van der Waals surface area contributed by atoms with Gasteiger partial charge in [-0.3, -0.25) is 13.9 Å². The quantitative estimate of drug-likeness (QED) is 0.388. The summed E-state index contributed by atoms with van der Waals surface area (Å²) in [6.07, 6.45) is 4.02. The maximum absolute atomic E-state index is 14.0. The van der Waals surface area contributed by atoms with Gasteiger partial charge in [0, 0.05) is 12.6 Å². The molecule has 1 aliphatic carbocycles. The van der Waals surface area contributed by atoms with Crippen LogP contribution in [-0.2, 0) is 26.2 Å². The van der Waals surface area contributed by atoms with Crippen molar-refractivity contribution in [3.63, 3.8) is 0 Å². The lowest BCUT2D eigenvalue weighted by Crippen LogP contribution is -2.52. The van der Waals surface area contributed by atoms with Gasteiger partial charge >= 0.3 is 0 Å². The summed E-state index contributed by atoms with van der Waals surface area (Å²) in [5.74, 6) is -0.680. The maximum atomic E-state index is 14.0. The van der Waals surface area contributed by atoms with Crippen molar-refractivity contribution in [1.29, 1.82) is 0 Å². The summed E-state index contributed by atoms with van der Waals surface area (Å²) in [6.45, 7) is 5.31. The minimum atomic E-state index is -4.06. The molecule has 0 spiro atoms. The van der Waals surface area contributed by atoms with Crippen molar-refractivity contribution >= 4 is 27.5 Å². The van der Waals surface area contributed by atoms with E-state index in [0.717, 1.165) is 46.7 Å². The molecule has 1 N–H and O–H groups in total. The lowest BCUT2D eigenvalue weighted by Gasteiger charge is -2.32. The number of carbonyl (C=O) groups is 2. The molecule has 2 amide bonds. The predicted molar refractivity (Wildman–Crippen MR) is 154 cm³/mol. The molecule has 0 radical (unpaired) electrons. The molecule has 7 nitrogen and oxygen atoms in total. The van der Waals surface area contributed by atoms with Crippen molar-refractivity contribution in [2.75, 3.05) is 10.8 Å². The molecule has 1 saturated carbocycles. The SMILES string of the molecule is Cc1ccc(CN(C(=O)CN(c2cccc(C)c2)S(=O)(=O)c2ccccc2)[C@H](C)C(=O)NC2CCCC2)cc1. The summed E-state index contributed by atoms with van der Waals surface area (Å²) in [7, 11) is -4.06. The van der Waals surface area contributed by atoms with Crippen LogP contribution in [0.3, 0.4) is 0 Å². The number of hydrogen-bond acceptors (Lipinski definition) is 4. The van der Waals surface area contributed by atoms with E-state index in [-0.39, 0.29) is 23.4 Å². The van der Waals surface area contributed by atoms with Crippen LogP contribution in [0.1, 0.15) is 49.3 Å². The summed E-state index contributed by atoms with van der Waals surface area (Å²) < 4.78 is 28.8. The van der Waals surface area contributed by atoms with E-state index in [4.69, 9.17) is 0 Å². The highest BCUT2D eigenvalue weighted by atomic mass is 32.2. The van der Waals surface area contributed by atoms with Gasteiger partial charge in [-0.1, -0.05) is 73.0 Å². The van der Waals surface area contributed by atoms with Crippen LogP contribution in [0.4, 0.5) is 5.69 Å². The number of aryl methyl sites for hydroxylation is 2. The smallest absolute Gasteiger partial charge is 0.264 e. The van der Waals surface area contributed by atoms with Crippen LogP contribution in [0.15, 0.2) is 83.8 Å². The van der Waals surface area contributed by atoms with Gasteiger partial charge in [-0.15, -0.1) is 0 Å². The molecule has 3 aromatic rings. The summed E-state index contributed by atoms with van der Waals surface area (Å²) in [5, 5.41) is 3.09. The van der Waals surface area contributed by atoms with Gasteiger partial charge in [0.15, 0.2) is 0 Å². The molecule has 1 atom stereocenters. The Morgan fingerprint density at radius 3 is 2.21 bits per heavy atom. The fourth-order valence-electron chi connectivity index (χ4n) is 4.90. The summed E-state index contributed by atoms with van der Waals surface area (Å²) >= 11 is 0. The van der Waals surface area contributed by atoms with Gasteiger partial charge in [-0.25, -0.2) is 8.42 Å². The molecule has 1 aliphatic rings. The Hall–Kier alpha value is -3.65. The normalized spacial score (nSPS) is 14.5. The zero-order valence-corrected chi connectivity index (χ0v) is 23.7. The van der Waals surface area contributed by atoms with E-state index in [1.54, 1.807) is 43.3 Å². The number of nitrogens with zero attached hydrogens (tertiary/aromatic N) is 2. The first-order valence-electron chi connectivity index (χ1n) is 13.4. The highest BCUT2D eigenvalue weighted by Gasteiger charge is 2.33. The molecule has 3 aromatic carbocycles. The lowest BCUT2D eigenvalue weighted by molar-refractivity contribution is -0.139. The fourth-order valence-corrected chi connectivity index (χ4v) is 6.32. The maximum Gasteiger partial charge on any atom is 0.264 e. The van der Waals surface area contributed by atoms with Crippen LogP contribution in [0, 0.1) is 13.8 Å². The summed E-state index contributed by atoms with van der Waals surface area (Å²) in [5.41, 5.74) is 3.21. The van der Waals surface area contributed by atoms with Crippen molar-refractivity contribution in [3.8, 4) is 0 Å². The van der Waals surface area contributed by atoms with Gasteiger partial charge in [0.2, 0.25) is 11.8 Å². The molecule has 0 bridgehead atoms. The van der Waals surface area contributed by atoms with Gasteiger partial charge < -0.3 is 10.2 Å². The summed E-state index contributed by atoms with van der Waals surface area (Å²) in [6, 6.07) is 22.3. The Morgan fingerprint density at radius 2 is 1.56 bits per heavy atom. The lowest BCUT2D eigenvalue weighted by atomic mass is 10.1. The zero-order valence-electron chi connectivity index (χ0n) is 22.8. The van der Waals surface area contributed by atoms with Crippen LogP contribution < -0.4 is 9.62 Å². The Morgan fingerprint density at radius 1 is 0.897 bits per heavy atom. The Kier molecular flexibility index (Phi) is 9.07. The summed E-state index contributed by atoms with van der Waals surface area (Å²) in [4.78, 5) is 28.8. The molecular weight excluding hydrogens is 510 g/mol. The monoisotopic (exact) mass is 547 g/mol. The van der Waals surface area contributed by atoms with Crippen molar-refractivity contribution in [2.24, 2.45) is 0 Å². The van der Waals surface area contributed by atoms with E-state index >= 15 is 0 Å². The van der Waals surface area contributed by atoms with Crippen molar-refractivity contribution in [3.05, 3.63) is 95.6 Å². The second kappa shape index (κ2) is 12.5. The van der Waals surface area contributed by atoms with E-state index < -0.39 is 28.5 Å². The fraction of sp³-hybridized carbons (Fsp3) is 0.355. The minimum Gasteiger partial charge on any atom is -0.352 e. The molecular formula is C31H37N3O4S. The number of sulfonamides is 1. The second-order valence-electron chi connectivity index (χ2n) is 10.3.